The van der Waals surface area contributed by atoms with Gasteiger partial charge in [0.15, 0.2) is 0 Å². The lowest BCUT2D eigenvalue weighted by molar-refractivity contribution is 0.102. The standard InChI is InChI=1S/C17H11N5OS/c23-17(11-1-3-18-4-2-11)22-16-6-12-5-14(15-9-19-10-24-15)20-7-13(12)8-21-16/h1-10H,(H,21,22,23). The molecule has 4 rings (SSSR count). The number of carbonyl (C=O) groups excluding carboxylic acids is 1. The topological polar surface area (TPSA) is 80.7 Å². The molecule has 6 nitrogen and oxygen atoms in total. The Labute approximate surface area is 141 Å². The predicted octanol–water partition coefficient (Wildman–Crippen LogP) is 3.40. The zero-order valence-electron chi connectivity index (χ0n) is 12.4. The molecule has 0 aliphatic heterocycles. The number of fused-ring (bicyclic) bond motifs is 1. The largest absolute Gasteiger partial charge is 0.307 e. The molecule has 0 saturated carbocycles. The van der Waals surface area contributed by atoms with E-state index in [1.54, 1.807) is 48.6 Å². The summed E-state index contributed by atoms with van der Waals surface area (Å²) in [6, 6.07) is 7.11. The van der Waals surface area contributed by atoms with Gasteiger partial charge in [-0.1, -0.05) is 0 Å². The molecule has 1 amide bonds. The zero-order chi connectivity index (χ0) is 16.4. The van der Waals surface area contributed by atoms with Crippen molar-refractivity contribution in [2.24, 2.45) is 0 Å². The molecule has 7 heteroatoms. The maximum atomic E-state index is 12.2. The van der Waals surface area contributed by atoms with Gasteiger partial charge in [0.1, 0.15) is 5.82 Å². The number of carbonyl (C=O) groups is 1. The third kappa shape index (κ3) is 2.84. The first-order valence-corrected chi connectivity index (χ1v) is 8.03. The van der Waals surface area contributed by atoms with Crippen LogP contribution in [0.25, 0.3) is 21.3 Å². The lowest BCUT2D eigenvalue weighted by atomic mass is 10.2. The molecule has 4 heterocycles. The highest BCUT2D eigenvalue weighted by atomic mass is 32.1. The van der Waals surface area contributed by atoms with Crippen LogP contribution in [0.2, 0.25) is 0 Å². The smallest absolute Gasteiger partial charge is 0.256 e. The van der Waals surface area contributed by atoms with Gasteiger partial charge in [-0.05, 0) is 29.7 Å². The van der Waals surface area contributed by atoms with Crippen molar-refractivity contribution in [2.45, 2.75) is 0 Å². The van der Waals surface area contributed by atoms with Crippen LogP contribution in [0, 0.1) is 0 Å². The number of anilines is 1. The van der Waals surface area contributed by atoms with Crippen molar-refractivity contribution >= 4 is 33.8 Å². The monoisotopic (exact) mass is 333 g/mol. The van der Waals surface area contributed by atoms with E-state index in [1.165, 1.54) is 11.3 Å². The number of aromatic nitrogens is 4. The van der Waals surface area contributed by atoms with E-state index in [4.69, 9.17) is 0 Å². The molecular formula is C17H11N5OS. The van der Waals surface area contributed by atoms with Crippen molar-refractivity contribution in [1.82, 2.24) is 19.9 Å². The Kier molecular flexibility index (Phi) is 3.68. The van der Waals surface area contributed by atoms with Crippen molar-refractivity contribution in [1.29, 1.82) is 0 Å². The lowest BCUT2D eigenvalue weighted by Crippen LogP contribution is -2.12. The number of nitrogens with zero attached hydrogens (tertiary/aromatic N) is 4. The fraction of sp³-hybridized carbons (Fsp3) is 0. The van der Waals surface area contributed by atoms with Crippen molar-refractivity contribution in [3.05, 3.63) is 66.3 Å². The Morgan fingerprint density at radius 3 is 2.58 bits per heavy atom. The summed E-state index contributed by atoms with van der Waals surface area (Å²) in [4.78, 5) is 29.9. The number of pyridine rings is 3. The molecule has 24 heavy (non-hydrogen) atoms. The Morgan fingerprint density at radius 2 is 1.79 bits per heavy atom. The van der Waals surface area contributed by atoms with Crippen LogP contribution in [0.1, 0.15) is 10.4 Å². The summed E-state index contributed by atoms with van der Waals surface area (Å²) in [5, 5.41) is 4.66. The van der Waals surface area contributed by atoms with Crippen LogP contribution < -0.4 is 5.32 Å². The first-order valence-electron chi connectivity index (χ1n) is 7.16. The van der Waals surface area contributed by atoms with Crippen molar-refractivity contribution < 1.29 is 4.79 Å². The maximum Gasteiger partial charge on any atom is 0.256 e. The Balaban J connectivity index is 1.66. The number of thiazole rings is 1. The van der Waals surface area contributed by atoms with E-state index in [2.05, 4.69) is 25.3 Å². The first-order chi connectivity index (χ1) is 11.8. The van der Waals surface area contributed by atoms with Crippen LogP contribution in [-0.2, 0) is 0 Å². The molecule has 0 unspecified atom stereocenters. The molecule has 0 bridgehead atoms. The maximum absolute atomic E-state index is 12.2. The van der Waals surface area contributed by atoms with Gasteiger partial charge in [-0.3, -0.25) is 19.7 Å². The highest BCUT2D eigenvalue weighted by molar-refractivity contribution is 7.13. The summed E-state index contributed by atoms with van der Waals surface area (Å²) in [5.41, 5.74) is 3.16. The lowest BCUT2D eigenvalue weighted by Gasteiger charge is -2.06. The fourth-order valence-corrected chi connectivity index (χ4v) is 2.86. The summed E-state index contributed by atoms with van der Waals surface area (Å²) in [6.07, 6.45) is 8.41. The first kappa shape index (κ1) is 14.4. The van der Waals surface area contributed by atoms with Gasteiger partial charge in [0.05, 0.1) is 16.1 Å². The van der Waals surface area contributed by atoms with E-state index in [1.807, 2.05) is 12.1 Å². The second-order valence-corrected chi connectivity index (χ2v) is 5.93. The average molecular weight is 333 g/mol. The minimum absolute atomic E-state index is 0.221. The molecule has 1 N–H and O–H groups in total. The molecule has 0 spiro atoms. The Morgan fingerprint density at radius 1 is 0.958 bits per heavy atom. The molecule has 0 aromatic carbocycles. The van der Waals surface area contributed by atoms with Gasteiger partial charge in [-0.15, -0.1) is 11.3 Å². The van der Waals surface area contributed by atoms with Crippen LogP contribution >= 0.6 is 11.3 Å². The van der Waals surface area contributed by atoms with Crippen molar-refractivity contribution in [2.75, 3.05) is 5.32 Å². The number of hydrogen-bond acceptors (Lipinski definition) is 6. The SMILES string of the molecule is O=C(Nc1cc2cc(-c3cncs3)ncc2cn1)c1ccncc1. The van der Waals surface area contributed by atoms with E-state index in [9.17, 15) is 4.79 Å². The van der Waals surface area contributed by atoms with Gasteiger partial charge in [0, 0.05) is 41.9 Å². The van der Waals surface area contributed by atoms with Gasteiger partial charge >= 0.3 is 0 Å². The molecule has 0 atom stereocenters. The summed E-state index contributed by atoms with van der Waals surface area (Å²) >= 11 is 1.53. The number of amides is 1. The molecule has 0 aliphatic carbocycles. The molecular weight excluding hydrogens is 322 g/mol. The van der Waals surface area contributed by atoms with Gasteiger partial charge < -0.3 is 5.32 Å². The fourth-order valence-electron chi connectivity index (χ4n) is 2.28. The molecule has 0 saturated heterocycles. The Hall–Kier alpha value is -3.19. The van der Waals surface area contributed by atoms with E-state index < -0.39 is 0 Å². The quantitative estimate of drug-likeness (QED) is 0.621. The van der Waals surface area contributed by atoms with Crippen LogP contribution in [0.3, 0.4) is 0 Å². The van der Waals surface area contributed by atoms with Crippen molar-refractivity contribution in [3.63, 3.8) is 0 Å². The van der Waals surface area contributed by atoms with E-state index >= 15 is 0 Å². The number of hydrogen-bond donors (Lipinski definition) is 1. The van der Waals surface area contributed by atoms with Gasteiger partial charge in [0.2, 0.25) is 0 Å². The molecule has 0 aliphatic rings. The zero-order valence-corrected chi connectivity index (χ0v) is 13.2. The third-order valence-electron chi connectivity index (χ3n) is 3.47. The highest BCUT2D eigenvalue weighted by Gasteiger charge is 2.08. The summed E-state index contributed by atoms with van der Waals surface area (Å²) in [6.45, 7) is 0. The summed E-state index contributed by atoms with van der Waals surface area (Å²) < 4.78 is 0. The average Bonchev–Trinajstić information content (AvgIpc) is 3.16. The van der Waals surface area contributed by atoms with Crippen LogP contribution in [0.4, 0.5) is 5.82 Å². The Bertz CT molecular complexity index is 1000. The van der Waals surface area contributed by atoms with E-state index in [0.717, 1.165) is 21.3 Å². The normalized spacial score (nSPS) is 10.7. The minimum atomic E-state index is -0.221. The second kappa shape index (κ2) is 6.13. The molecule has 116 valence electrons. The molecule has 0 fully saturated rings. The molecule has 4 aromatic rings. The third-order valence-corrected chi connectivity index (χ3v) is 4.27. The van der Waals surface area contributed by atoms with Crippen LogP contribution in [-0.4, -0.2) is 25.8 Å². The second-order valence-electron chi connectivity index (χ2n) is 5.04. The highest BCUT2D eigenvalue weighted by Crippen LogP contribution is 2.25. The van der Waals surface area contributed by atoms with Gasteiger partial charge in [0.25, 0.3) is 5.91 Å². The number of nitrogens with one attached hydrogen (secondary N) is 1. The minimum Gasteiger partial charge on any atom is -0.307 e. The number of rotatable bonds is 3. The summed E-state index contributed by atoms with van der Waals surface area (Å²) in [7, 11) is 0. The van der Waals surface area contributed by atoms with Gasteiger partial charge in [-0.25, -0.2) is 4.98 Å². The van der Waals surface area contributed by atoms with E-state index in [-0.39, 0.29) is 5.91 Å². The van der Waals surface area contributed by atoms with E-state index in [0.29, 0.717) is 11.4 Å². The summed E-state index contributed by atoms with van der Waals surface area (Å²) in [5.74, 6) is 0.270. The molecule has 4 aromatic heterocycles. The van der Waals surface area contributed by atoms with Crippen LogP contribution in [0.15, 0.2) is 60.8 Å². The van der Waals surface area contributed by atoms with Gasteiger partial charge in [-0.2, -0.15) is 0 Å². The predicted molar refractivity (Wildman–Crippen MR) is 92.8 cm³/mol. The van der Waals surface area contributed by atoms with Crippen LogP contribution in [0.5, 0.6) is 0 Å². The van der Waals surface area contributed by atoms with Crippen molar-refractivity contribution in [3.8, 4) is 10.6 Å². The molecule has 0 radical (unpaired) electrons.